The zero-order valence-corrected chi connectivity index (χ0v) is 20.8. The molecule has 0 unspecified atom stereocenters. The molecule has 178 valence electrons. The van der Waals surface area contributed by atoms with E-state index < -0.39 is 0 Å². The summed E-state index contributed by atoms with van der Waals surface area (Å²) in [6, 6.07) is 16.6. The van der Waals surface area contributed by atoms with Crippen LogP contribution in [0.3, 0.4) is 0 Å². The molecule has 0 atom stereocenters. The summed E-state index contributed by atoms with van der Waals surface area (Å²) in [6.45, 7) is 3.66. The first-order valence-corrected chi connectivity index (χ1v) is 12.7. The molecule has 0 radical (unpaired) electrons. The summed E-state index contributed by atoms with van der Waals surface area (Å²) in [5, 5.41) is 7.39. The van der Waals surface area contributed by atoms with Gasteiger partial charge in [0.1, 0.15) is 0 Å². The minimum absolute atomic E-state index is 0.0589. The van der Waals surface area contributed by atoms with Crippen LogP contribution in [0, 0.1) is 5.92 Å². The summed E-state index contributed by atoms with van der Waals surface area (Å²) >= 11 is 12.5. The Balaban J connectivity index is 1.10. The van der Waals surface area contributed by atoms with Gasteiger partial charge in [-0.1, -0.05) is 59.6 Å². The molecule has 2 fully saturated rings. The Morgan fingerprint density at radius 1 is 1.03 bits per heavy atom. The third-order valence-corrected chi connectivity index (χ3v) is 7.93. The van der Waals surface area contributed by atoms with E-state index in [1.807, 2.05) is 48.5 Å². The fourth-order valence-electron chi connectivity index (χ4n) is 4.85. The first-order valence-electron chi connectivity index (χ1n) is 12.0. The highest BCUT2D eigenvalue weighted by Crippen LogP contribution is 2.35. The Bertz CT molecular complexity index is 912. The van der Waals surface area contributed by atoms with Crippen LogP contribution in [0.4, 0.5) is 10.5 Å². The topological polar surface area (TPSA) is 47.6 Å². The standard InChI is InChI=1S/C26H34Cl2N4O/c1-31(22-17-32(18-22)24-9-5-8-23(27)25(24)28)15-14-19-10-12-21(13-11-19)30-26(33)29-16-20-6-3-2-4-7-20/h2-9,19,21-22H,10-18H2,1H3,(H2,29,30,33)/t19-,21-. The molecular weight excluding hydrogens is 455 g/mol. The van der Waals surface area contributed by atoms with Crippen molar-refractivity contribution in [1.29, 1.82) is 0 Å². The second-order valence-corrected chi connectivity index (χ2v) is 10.2. The van der Waals surface area contributed by atoms with Crippen molar-refractivity contribution >= 4 is 34.9 Å². The molecule has 1 saturated carbocycles. The molecule has 4 rings (SSSR count). The number of nitrogens with zero attached hydrogens (tertiary/aromatic N) is 2. The van der Waals surface area contributed by atoms with Gasteiger partial charge in [-0.2, -0.15) is 0 Å². The molecule has 7 heteroatoms. The van der Waals surface area contributed by atoms with Gasteiger partial charge in [-0.25, -0.2) is 4.79 Å². The van der Waals surface area contributed by atoms with Crippen molar-refractivity contribution in [1.82, 2.24) is 15.5 Å². The number of anilines is 1. The van der Waals surface area contributed by atoms with Crippen LogP contribution in [0.5, 0.6) is 0 Å². The van der Waals surface area contributed by atoms with Gasteiger partial charge in [0.2, 0.25) is 0 Å². The van der Waals surface area contributed by atoms with Gasteiger partial charge in [0, 0.05) is 31.7 Å². The average Bonchev–Trinajstić information content (AvgIpc) is 2.80. The maximum atomic E-state index is 12.2. The maximum absolute atomic E-state index is 12.2. The van der Waals surface area contributed by atoms with Gasteiger partial charge in [-0.3, -0.25) is 4.90 Å². The van der Waals surface area contributed by atoms with Crippen molar-refractivity contribution in [3.63, 3.8) is 0 Å². The van der Waals surface area contributed by atoms with Crippen LogP contribution >= 0.6 is 23.2 Å². The fraction of sp³-hybridized carbons (Fsp3) is 0.500. The summed E-state index contributed by atoms with van der Waals surface area (Å²) in [5.74, 6) is 0.747. The molecule has 0 spiro atoms. The summed E-state index contributed by atoms with van der Waals surface area (Å²) in [5.41, 5.74) is 2.15. The van der Waals surface area contributed by atoms with E-state index in [0.29, 0.717) is 22.6 Å². The number of halogens is 2. The van der Waals surface area contributed by atoms with Crippen LogP contribution in [-0.4, -0.2) is 49.7 Å². The van der Waals surface area contributed by atoms with Gasteiger partial charge in [0.15, 0.2) is 0 Å². The smallest absolute Gasteiger partial charge is 0.315 e. The number of likely N-dealkylation sites (N-methyl/N-ethyl adjacent to an activating group) is 1. The molecule has 0 bridgehead atoms. The van der Waals surface area contributed by atoms with Crippen LogP contribution in [0.1, 0.15) is 37.7 Å². The highest BCUT2D eigenvalue weighted by molar-refractivity contribution is 6.43. The Morgan fingerprint density at radius 3 is 2.48 bits per heavy atom. The van der Waals surface area contributed by atoms with Gasteiger partial charge in [0.25, 0.3) is 0 Å². The van der Waals surface area contributed by atoms with E-state index in [4.69, 9.17) is 23.2 Å². The number of amides is 2. The largest absolute Gasteiger partial charge is 0.367 e. The molecule has 2 aromatic carbocycles. The van der Waals surface area contributed by atoms with Gasteiger partial charge >= 0.3 is 6.03 Å². The maximum Gasteiger partial charge on any atom is 0.315 e. The molecule has 2 aromatic rings. The van der Waals surface area contributed by atoms with Crippen LogP contribution < -0.4 is 15.5 Å². The molecule has 0 aromatic heterocycles. The number of hydrogen-bond acceptors (Lipinski definition) is 3. The predicted octanol–water partition coefficient (Wildman–Crippen LogP) is 5.56. The molecule has 1 saturated heterocycles. The van der Waals surface area contributed by atoms with Crippen molar-refractivity contribution in [2.24, 2.45) is 5.92 Å². The summed E-state index contributed by atoms with van der Waals surface area (Å²) in [7, 11) is 2.23. The Morgan fingerprint density at radius 2 is 1.76 bits per heavy atom. The lowest BCUT2D eigenvalue weighted by molar-refractivity contribution is 0.177. The van der Waals surface area contributed by atoms with Gasteiger partial charge < -0.3 is 15.5 Å². The normalized spacial score (nSPS) is 21.0. The number of carbonyl (C=O) groups excluding carboxylic acids is 1. The van der Waals surface area contributed by atoms with Crippen molar-refractivity contribution in [3.05, 3.63) is 64.1 Å². The average molecular weight is 489 g/mol. The minimum Gasteiger partial charge on any atom is -0.367 e. The van der Waals surface area contributed by atoms with Gasteiger partial charge in [-0.05, 0) is 69.3 Å². The highest BCUT2D eigenvalue weighted by atomic mass is 35.5. The van der Waals surface area contributed by atoms with Crippen molar-refractivity contribution < 1.29 is 4.79 Å². The lowest BCUT2D eigenvalue weighted by Gasteiger charge is -2.46. The Hall–Kier alpha value is -1.95. The molecule has 1 aliphatic carbocycles. The molecule has 2 amide bonds. The van der Waals surface area contributed by atoms with Gasteiger partial charge in [0.05, 0.1) is 15.7 Å². The molecule has 33 heavy (non-hydrogen) atoms. The van der Waals surface area contributed by atoms with E-state index in [0.717, 1.165) is 49.6 Å². The number of benzene rings is 2. The minimum atomic E-state index is -0.0589. The number of nitrogens with one attached hydrogen (secondary N) is 2. The van der Waals surface area contributed by atoms with Crippen LogP contribution in [0.25, 0.3) is 0 Å². The summed E-state index contributed by atoms with van der Waals surface area (Å²) < 4.78 is 0. The Labute approximate surface area is 207 Å². The Kier molecular flexibility index (Phi) is 8.39. The highest BCUT2D eigenvalue weighted by Gasteiger charge is 2.32. The molecule has 1 aliphatic heterocycles. The quantitative estimate of drug-likeness (QED) is 0.510. The first kappa shape index (κ1) is 24.2. The zero-order chi connectivity index (χ0) is 23.2. The third-order valence-electron chi connectivity index (χ3n) is 7.13. The van der Waals surface area contributed by atoms with E-state index in [-0.39, 0.29) is 12.1 Å². The number of hydrogen-bond donors (Lipinski definition) is 2. The molecule has 5 nitrogen and oxygen atoms in total. The van der Waals surface area contributed by atoms with E-state index in [9.17, 15) is 4.79 Å². The number of urea groups is 1. The SMILES string of the molecule is CN(CC[C@H]1CC[C@H](NC(=O)NCc2ccccc2)CC1)C1CN(c2cccc(Cl)c2Cl)C1. The third kappa shape index (κ3) is 6.56. The van der Waals surface area contributed by atoms with Crippen LogP contribution in [0.15, 0.2) is 48.5 Å². The zero-order valence-electron chi connectivity index (χ0n) is 19.3. The molecular formula is C26H34Cl2N4O. The first-order chi connectivity index (χ1) is 16.0. The van der Waals surface area contributed by atoms with Gasteiger partial charge in [-0.15, -0.1) is 0 Å². The predicted molar refractivity (Wildman–Crippen MR) is 137 cm³/mol. The summed E-state index contributed by atoms with van der Waals surface area (Å²) in [6.07, 6.45) is 5.73. The van der Waals surface area contributed by atoms with Crippen molar-refractivity contribution in [3.8, 4) is 0 Å². The second-order valence-electron chi connectivity index (χ2n) is 9.43. The van der Waals surface area contributed by atoms with E-state index in [1.54, 1.807) is 0 Å². The molecule has 2 N–H and O–H groups in total. The van der Waals surface area contributed by atoms with Crippen LogP contribution in [-0.2, 0) is 6.54 Å². The van der Waals surface area contributed by atoms with E-state index >= 15 is 0 Å². The van der Waals surface area contributed by atoms with Crippen molar-refractivity contribution in [2.75, 3.05) is 31.6 Å². The fourth-order valence-corrected chi connectivity index (χ4v) is 5.26. The molecule has 1 heterocycles. The number of carbonyl (C=O) groups is 1. The second kappa shape index (κ2) is 11.5. The lowest BCUT2D eigenvalue weighted by Crippen LogP contribution is -2.58. The van der Waals surface area contributed by atoms with Crippen molar-refractivity contribution in [2.45, 2.75) is 50.7 Å². The van der Waals surface area contributed by atoms with Crippen LogP contribution in [0.2, 0.25) is 10.0 Å². The lowest BCUT2D eigenvalue weighted by atomic mass is 9.84. The van der Waals surface area contributed by atoms with E-state index in [2.05, 4.69) is 27.5 Å². The monoisotopic (exact) mass is 488 g/mol. The number of rotatable bonds is 8. The molecule has 2 aliphatic rings. The summed E-state index contributed by atoms with van der Waals surface area (Å²) in [4.78, 5) is 17.0. The van der Waals surface area contributed by atoms with E-state index in [1.165, 1.54) is 19.3 Å².